The zero-order valence-electron chi connectivity index (χ0n) is 10.7. The van der Waals surface area contributed by atoms with Crippen molar-refractivity contribution in [1.29, 1.82) is 0 Å². The van der Waals surface area contributed by atoms with Gasteiger partial charge in [0, 0.05) is 23.7 Å². The van der Waals surface area contributed by atoms with Gasteiger partial charge in [0.2, 0.25) is 5.91 Å². The first-order valence-corrected chi connectivity index (χ1v) is 6.47. The highest BCUT2D eigenvalue weighted by Crippen LogP contribution is 2.17. The Morgan fingerprint density at radius 3 is 2.65 bits per heavy atom. The lowest BCUT2D eigenvalue weighted by Crippen LogP contribution is -2.14. The molecule has 0 unspecified atom stereocenters. The summed E-state index contributed by atoms with van der Waals surface area (Å²) in [5.41, 5.74) is 7.26. The van der Waals surface area contributed by atoms with Crippen LogP contribution in [0, 0.1) is 5.82 Å². The third-order valence-corrected chi connectivity index (χ3v) is 3.22. The van der Waals surface area contributed by atoms with E-state index in [2.05, 4.69) is 5.32 Å². The smallest absolute Gasteiger partial charge is 0.248 e. The number of amides is 1. The summed E-state index contributed by atoms with van der Waals surface area (Å²) in [7, 11) is 0. The van der Waals surface area contributed by atoms with Gasteiger partial charge in [0.05, 0.1) is 0 Å². The van der Waals surface area contributed by atoms with Gasteiger partial charge in [-0.05, 0) is 35.4 Å². The van der Waals surface area contributed by atoms with E-state index in [0.29, 0.717) is 23.7 Å². The molecule has 0 fully saturated rings. The van der Waals surface area contributed by atoms with Crippen molar-refractivity contribution in [2.45, 2.75) is 13.1 Å². The molecule has 0 bridgehead atoms. The number of primary amides is 1. The van der Waals surface area contributed by atoms with Gasteiger partial charge < -0.3 is 11.1 Å². The Balaban J connectivity index is 1.96. The Kier molecular flexibility index (Phi) is 4.71. The predicted octanol–water partition coefficient (Wildman–Crippen LogP) is 2.87. The molecular weight excluding hydrogens is 279 g/mol. The molecule has 3 nitrogen and oxygen atoms in total. The summed E-state index contributed by atoms with van der Waals surface area (Å²) >= 11 is 6.07. The number of nitrogens with one attached hydrogen (secondary N) is 1. The van der Waals surface area contributed by atoms with E-state index in [0.717, 1.165) is 11.1 Å². The Labute approximate surface area is 121 Å². The summed E-state index contributed by atoms with van der Waals surface area (Å²) in [6, 6.07) is 11.3. The normalized spacial score (nSPS) is 10.5. The molecule has 0 radical (unpaired) electrons. The molecule has 0 heterocycles. The van der Waals surface area contributed by atoms with Crippen molar-refractivity contribution in [1.82, 2.24) is 5.32 Å². The van der Waals surface area contributed by atoms with Gasteiger partial charge in [0.25, 0.3) is 0 Å². The van der Waals surface area contributed by atoms with E-state index < -0.39 is 5.91 Å². The average molecular weight is 293 g/mol. The van der Waals surface area contributed by atoms with Gasteiger partial charge in [0.1, 0.15) is 5.82 Å². The van der Waals surface area contributed by atoms with Crippen LogP contribution in [0.25, 0.3) is 0 Å². The van der Waals surface area contributed by atoms with Crippen molar-refractivity contribution in [3.05, 3.63) is 70.0 Å². The van der Waals surface area contributed by atoms with Gasteiger partial charge in [-0.15, -0.1) is 0 Å². The summed E-state index contributed by atoms with van der Waals surface area (Å²) in [5.74, 6) is -0.765. The van der Waals surface area contributed by atoms with Crippen molar-refractivity contribution in [3.8, 4) is 0 Å². The van der Waals surface area contributed by atoms with Gasteiger partial charge in [-0.25, -0.2) is 4.39 Å². The molecule has 0 aliphatic rings. The Morgan fingerprint density at radius 2 is 2.00 bits per heavy atom. The number of nitrogens with two attached hydrogens (primary N) is 1. The number of carbonyl (C=O) groups excluding carboxylic acids is 1. The quantitative estimate of drug-likeness (QED) is 0.890. The Morgan fingerprint density at radius 1 is 1.20 bits per heavy atom. The standard InChI is InChI=1S/C15H14ClFN2O/c16-14-7-11(15(18)20)4-5-12(14)9-19-8-10-2-1-3-13(17)6-10/h1-7,19H,8-9H2,(H2,18,20). The zero-order chi connectivity index (χ0) is 14.5. The average Bonchev–Trinajstić information content (AvgIpc) is 2.40. The third-order valence-electron chi connectivity index (χ3n) is 2.87. The molecule has 3 N–H and O–H groups in total. The number of benzene rings is 2. The van der Waals surface area contributed by atoms with Gasteiger partial charge in [-0.1, -0.05) is 29.8 Å². The topological polar surface area (TPSA) is 55.1 Å². The first kappa shape index (κ1) is 14.5. The fourth-order valence-electron chi connectivity index (χ4n) is 1.83. The third kappa shape index (κ3) is 3.79. The summed E-state index contributed by atoms with van der Waals surface area (Å²) < 4.78 is 13.0. The van der Waals surface area contributed by atoms with Gasteiger partial charge in [-0.2, -0.15) is 0 Å². The molecule has 104 valence electrons. The fraction of sp³-hybridized carbons (Fsp3) is 0.133. The van der Waals surface area contributed by atoms with Gasteiger partial charge >= 0.3 is 0 Å². The summed E-state index contributed by atoms with van der Waals surface area (Å²) in [6.45, 7) is 1.06. The van der Waals surface area contributed by atoms with E-state index in [9.17, 15) is 9.18 Å². The summed E-state index contributed by atoms with van der Waals surface area (Å²) in [5, 5.41) is 3.65. The number of halogens is 2. The highest BCUT2D eigenvalue weighted by atomic mass is 35.5. The lowest BCUT2D eigenvalue weighted by molar-refractivity contribution is 0.100. The maximum absolute atomic E-state index is 13.0. The van der Waals surface area contributed by atoms with Crippen LogP contribution < -0.4 is 11.1 Å². The number of rotatable bonds is 5. The zero-order valence-corrected chi connectivity index (χ0v) is 11.5. The Bertz CT molecular complexity index is 631. The van der Waals surface area contributed by atoms with Gasteiger partial charge in [0.15, 0.2) is 0 Å². The SMILES string of the molecule is NC(=O)c1ccc(CNCc2cccc(F)c2)c(Cl)c1. The minimum Gasteiger partial charge on any atom is -0.366 e. The number of carbonyl (C=O) groups is 1. The van der Waals surface area contributed by atoms with Crippen molar-refractivity contribution in [3.63, 3.8) is 0 Å². The van der Waals surface area contributed by atoms with E-state index in [-0.39, 0.29) is 5.82 Å². The minimum atomic E-state index is -0.508. The van der Waals surface area contributed by atoms with E-state index in [1.165, 1.54) is 12.1 Å². The van der Waals surface area contributed by atoms with Crippen molar-refractivity contribution >= 4 is 17.5 Å². The van der Waals surface area contributed by atoms with Crippen molar-refractivity contribution < 1.29 is 9.18 Å². The number of hydrogen-bond donors (Lipinski definition) is 2. The van der Waals surface area contributed by atoms with Crippen LogP contribution in [-0.2, 0) is 13.1 Å². The van der Waals surface area contributed by atoms with Crippen LogP contribution in [0.15, 0.2) is 42.5 Å². The van der Waals surface area contributed by atoms with Crippen LogP contribution in [-0.4, -0.2) is 5.91 Å². The molecule has 1 amide bonds. The Hall–Kier alpha value is -1.91. The highest BCUT2D eigenvalue weighted by Gasteiger charge is 2.05. The summed E-state index contributed by atoms with van der Waals surface area (Å²) in [6.07, 6.45) is 0. The van der Waals surface area contributed by atoms with Gasteiger partial charge in [-0.3, -0.25) is 4.79 Å². The van der Waals surface area contributed by atoms with E-state index in [1.54, 1.807) is 24.3 Å². The van der Waals surface area contributed by atoms with Crippen molar-refractivity contribution in [2.24, 2.45) is 5.73 Å². The maximum Gasteiger partial charge on any atom is 0.248 e. The van der Waals surface area contributed by atoms with Crippen LogP contribution in [0.4, 0.5) is 4.39 Å². The highest BCUT2D eigenvalue weighted by molar-refractivity contribution is 6.31. The molecule has 2 aromatic carbocycles. The molecule has 0 aliphatic heterocycles. The molecule has 2 aromatic rings. The van der Waals surface area contributed by atoms with E-state index in [1.807, 2.05) is 6.07 Å². The number of hydrogen-bond acceptors (Lipinski definition) is 2. The molecule has 5 heteroatoms. The van der Waals surface area contributed by atoms with Crippen LogP contribution in [0.1, 0.15) is 21.5 Å². The molecule has 0 saturated heterocycles. The fourth-order valence-corrected chi connectivity index (χ4v) is 2.08. The molecule has 0 aromatic heterocycles. The lowest BCUT2D eigenvalue weighted by atomic mass is 10.1. The second kappa shape index (κ2) is 6.50. The molecule has 0 aliphatic carbocycles. The van der Waals surface area contributed by atoms with Crippen LogP contribution >= 0.6 is 11.6 Å². The van der Waals surface area contributed by atoms with E-state index >= 15 is 0 Å². The first-order chi connectivity index (χ1) is 9.56. The lowest BCUT2D eigenvalue weighted by Gasteiger charge is -2.08. The van der Waals surface area contributed by atoms with E-state index in [4.69, 9.17) is 17.3 Å². The molecule has 0 saturated carbocycles. The van der Waals surface area contributed by atoms with Crippen LogP contribution in [0.5, 0.6) is 0 Å². The molecule has 0 spiro atoms. The second-order valence-electron chi connectivity index (χ2n) is 4.40. The predicted molar refractivity (Wildman–Crippen MR) is 76.9 cm³/mol. The molecule has 0 atom stereocenters. The first-order valence-electron chi connectivity index (χ1n) is 6.09. The second-order valence-corrected chi connectivity index (χ2v) is 4.81. The molecule has 2 rings (SSSR count). The maximum atomic E-state index is 13.0. The largest absolute Gasteiger partial charge is 0.366 e. The van der Waals surface area contributed by atoms with Crippen LogP contribution in [0.3, 0.4) is 0 Å². The minimum absolute atomic E-state index is 0.256. The van der Waals surface area contributed by atoms with Crippen molar-refractivity contribution in [2.75, 3.05) is 0 Å². The van der Waals surface area contributed by atoms with Crippen LogP contribution in [0.2, 0.25) is 5.02 Å². The summed E-state index contributed by atoms with van der Waals surface area (Å²) in [4.78, 5) is 11.0. The molecular formula is C15H14ClFN2O. The molecule has 20 heavy (non-hydrogen) atoms. The monoisotopic (exact) mass is 292 g/mol.